The summed E-state index contributed by atoms with van der Waals surface area (Å²) in [6, 6.07) is 4.58. The summed E-state index contributed by atoms with van der Waals surface area (Å²) in [5, 5.41) is 3.60. The van der Waals surface area contributed by atoms with Crippen molar-refractivity contribution in [2.75, 3.05) is 6.54 Å². The maximum Gasteiger partial charge on any atom is 0.121 e. The standard InChI is InChI=1S/C14H23NO/c1-4-15-13(12-8-7-11(2)16-12)14(3)9-5-6-10-14/h7-8,13,15H,4-6,9-10H2,1-3H3. The SMILES string of the molecule is CCNC(c1ccc(C)o1)C1(C)CCCC1. The van der Waals surface area contributed by atoms with Crippen LogP contribution >= 0.6 is 0 Å². The summed E-state index contributed by atoms with van der Waals surface area (Å²) in [6.07, 6.45) is 5.34. The van der Waals surface area contributed by atoms with E-state index in [9.17, 15) is 0 Å². The summed E-state index contributed by atoms with van der Waals surface area (Å²) in [5.74, 6) is 2.13. The van der Waals surface area contributed by atoms with E-state index in [0.29, 0.717) is 11.5 Å². The van der Waals surface area contributed by atoms with E-state index < -0.39 is 0 Å². The highest BCUT2D eigenvalue weighted by molar-refractivity contribution is 5.13. The van der Waals surface area contributed by atoms with Gasteiger partial charge in [0.1, 0.15) is 11.5 Å². The van der Waals surface area contributed by atoms with Gasteiger partial charge < -0.3 is 9.73 Å². The van der Waals surface area contributed by atoms with Crippen LogP contribution in [0.1, 0.15) is 57.1 Å². The molecule has 1 aromatic rings. The number of aryl methyl sites for hydroxylation is 1. The van der Waals surface area contributed by atoms with Crippen molar-refractivity contribution in [3.05, 3.63) is 23.7 Å². The fourth-order valence-corrected chi connectivity index (χ4v) is 2.97. The molecule has 0 aliphatic heterocycles. The van der Waals surface area contributed by atoms with Gasteiger partial charge in [-0.1, -0.05) is 26.7 Å². The summed E-state index contributed by atoms with van der Waals surface area (Å²) >= 11 is 0. The van der Waals surface area contributed by atoms with E-state index in [1.165, 1.54) is 25.7 Å². The van der Waals surface area contributed by atoms with Crippen LogP contribution in [0.25, 0.3) is 0 Å². The molecule has 1 unspecified atom stereocenters. The van der Waals surface area contributed by atoms with E-state index >= 15 is 0 Å². The van der Waals surface area contributed by atoms with Crippen LogP contribution in [0.4, 0.5) is 0 Å². The highest BCUT2D eigenvalue weighted by Gasteiger charge is 2.38. The second-order valence-corrected chi connectivity index (χ2v) is 5.30. The molecule has 0 bridgehead atoms. The van der Waals surface area contributed by atoms with Crippen molar-refractivity contribution < 1.29 is 4.42 Å². The Morgan fingerprint density at radius 3 is 2.56 bits per heavy atom. The Labute approximate surface area is 98.4 Å². The molecule has 0 saturated heterocycles. The van der Waals surface area contributed by atoms with Gasteiger partial charge in [0.25, 0.3) is 0 Å². The van der Waals surface area contributed by atoms with E-state index in [2.05, 4.69) is 31.3 Å². The fraction of sp³-hybridized carbons (Fsp3) is 0.714. The van der Waals surface area contributed by atoms with E-state index in [0.717, 1.165) is 18.1 Å². The molecule has 1 aliphatic rings. The first kappa shape index (κ1) is 11.7. The molecule has 90 valence electrons. The lowest BCUT2D eigenvalue weighted by Gasteiger charge is -2.33. The molecule has 1 saturated carbocycles. The molecule has 2 heteroatoms. The lowest BCUT2D eigenvalue weighted by atomic mass is 9.79. The third-order valence-corrected chi connectivity index (χ3v) is 3.90. The van der Waals surface area contributed by atoms with Crippen molar-refractivity contribution in [2.45, 2.75) is 52.5 Å². The van der Waals surface area contributed by atoms with E-state index in [1.807, 2.05) is 6.92 Å². The van der Waals surface area contributed by atoms with E-state index in [1.54, 1.807) is 0 Å². The van der Waals surface area contributed by atoms with Crippen molar-refractivity contribution in [3.63, 3.8) is 0 Å². The van der Waals surface area contributed by atoms with Crippen LogP contribution < -0.4 is 5.32 Å². The van der Waals surface area contributed by atoms with Gasteiger partial charge in [-0.3, -0.25) is 0 Å². The molecule has 1 heterocycles. The average molecular weight is 221 g/mol. The first-order valence-corrected chi connectivity index (χ1v) is 6.45. The van der Waals surface area contributed by atoms with Crippen molar-refractivity contribution in [2.24, 2.45) is 5.41 Å². The van der Waals surface area contributed by atoms with Crippen molar-refractivity contribution in [3.8, 4) is 0 Å². The van der Waals surface area contributed by atoms with Gasteiger partial charge in [-0.05, 0) is 43.9 Å². The topological polar surface area (TPSA) is 25.2 Å². The highest BCUT2D eigenvalue weighted by atomic mass is 16.3. The molecule has 2 nitrogen and oxygen atoms in total. The molecular weight excluding hydrogens is 198 g/mol. The van der Waals surface area contributed by atoms with Gasteiger partial charge in [0.05, 0.1) is 6.04 Å². The minimum absolute atomic E-state index is 0.375. The summed E-state index contributed by atoms with van der Waals surface area (Å²) in [5.41, 5.74) is 0.375. The third kappa shape index (κ3) is 2.17. The van der Waals surface area contributed by atoms with Gasteiger partial charge in [-0.15, -0.1) is 0 Å². The summed E-state index contributed by atoms with van der Waals surface area (Å²) in [7, 11) is 0. The Kier molecular flexibility index (Phi) is 3.38. The molecule has 0 aromatic carbocycles. The quantitative estimate of drug-likeness (QED) is 0.836. The maximum absolute atomic E-state index is 5.81. The Hall–Kier alpha value is -0.760. The molecule has 1 N–H and O–H groups in total. The minimum atomic E-state index is 0.375. The summed E-state index contributed by atoms with van der Waals surface area (Å²) in [6.45, 7) is 7.58. The monoisotopic (exact) mass is 221 g/mol. The highest BCUT2D eigenvalue weighted by Crippen LogP contribution is 2.47. The van der Waals surface area contributed by atoms with Crippen LogP contribution in [0.2, 0.25) is 0 Å². The minimum Gasteiger partial charge on any atom is -0.465 e. The second-order valence-electron chi connectivity index (χ2n) is 5.30. The normalized spacial score (nSPS) is 21.2. The summed E-state index contributed by atoms with van der Waals surface area (Å²) < 4.78 is 5.81. The number of furan rings is 1. The smallest absolute Gasteiger partial charge is 0.121 e. The molecule has 1 fully saturated rings. The lowest BCUT2D eigenvalue weighted by Crippen LogP contribution is -2.34. The van der Waals surface area contributed by atoms with Crippen LogP contribution in [-0.2, 0) is 0 Å². The van der Waals surface area contributed by atoms with Crippen LogP contribution in [0.15, 0.2) is 16.5 Å². The fourth-order valence-electron chi connectivity index (χ4n) is 2.97. The Morgan fingerprint density at radius 1 is 1.38 bits per heavy atom. The zero-order valence-electron chi connectivity index (χ0n) is 10.7. The number of rotatable bonds is 4. The molecule has 0 spiro atoms. The average Bonchev–Trinajstić information content (AvgIpc) is 2.85. The van der Waals surface area contributed by atoms with Crippen LogP contribution in [-0.4, -0.2) is 6.54 Å². The first-order valence-electron chi connectivity index (χ1n) is 6.45. The second kappa shape index (κ2) is 4.62. The zero-order valence-corrected chi connectivity index (χ0v) is 10.7. The van der Waals surface area contributed by atoms with Gasteiger partial charge in [0.15, 0.2) is 0 Å². The van der Waals surface area contributed by atoms with Gasteiger partial charge in [0.2, 0.25) is 0 Å². The molecule has 0 amide bonds. The van der Waals surface area contributed by atoms with Crippen LogP contribution in [0, 0.1) is 12.3 Å². The van der Waals surface area contributed by atoms with Gasteiger partial charge in [-0.25, -0.2) is 0 Å². The zero-order chi connectivity index (χ0) is 11.6. The predicted octanol–water partition coefficient (Wildman–Crippen LogP) is 3.82. The molecule has 0 radical (unpaired) electrons. The molecule has 16 heavy (non-hydrogen) atoms. The lowest BCUT2D eigenvalue weighted by molar-refractivity contribution is 0.197. The van der Waals surface area contributed by atoms with Crippen molar-refractivity contribution >= 4 is 0 Å². The molecule has 1 aromatic heterocycles. The predicted molar refractivity (Wildman–Crippen MR) is 66.4 cm³/mol. The van der Waals surface area contributed by atoms with Crippen molar-refractivity contribution in [1.29, 1.82) is 0 Å². The molecular formula is C14H23NO. The van der Waals surface area contributed by atoms with Gasteiger partial charge in [-0.2, -0.15) is 0 Å². The Balaban J connectivity index is 2.22. The molecule has 2 rings (SSSR count). The number of nitrogens with one attached hydrogen (secondary N) is 1. The number of hydrogen-bond donors (Lipinski definition) is 1. The summed E-state index contributed by atoms with van der Waals surface area (Å²) in [4.78, 5) is 0. The van der Waals surface area contributed by atoms with E-state index in [-0.39, 0.29) is 0 Å². The largest absolute Gasteiger partial charge is 0.465 e. The third-order valence-electron chi connectivity index (χ3n) is 3.90. The van der Waals surface area contributed by atoms with Gasteiger partial charge >= 0.3 is 0 Å². The van der Waals surface area contributed by atoms with Crippen LogP contribution in [0.5, 0.6) is 0 Å². The van der Waals surface area contributed by atoms with Crippen LogP contribution in [0.3, 0.4) is 0 Å². The van der Waals surface area contributed by atoms with Crippen molar-refractivity contribution in [1.82, 2.24) is 5.32 Å². The Morgan fingerprint density at radius 2 is 2.06 bits per heavy atom. The van der Waals surface area contributed by atoms with Gasteiger partial charge in [0, 0.05) is 0 Å². The first-order chi connectivity index (χ1) is 7.65. The molecule has 1 atom stereocenters. The molecule has 1 aliphatic carbocycles. The number of hydrogen-bond acceptors (Lipinski definition) is 2. The maximum atomic E-state index is 5.81. The Bertz CT molecular complexity index is 336. The van der Waals surface area contributed by atoms with E-state index in [4.69, 9.17) is 4.42 Å².